The smallest absolute Gasteiger partial charge is 0.282 e. The van der Waals surface area contributed by atoms with E-state index >= 15 is 0 Å². The highest BCUT2D eigenvalue weighted by molar-refractivity contribution is 9.13. The average Bonchev–Trinajstić information content (AvgIpc) is 2.86. The molecule has 0 atom stereocenters. The number of aromatic nitrogens is 2. The number of ether oxygens (including phenoxy) is 2. The number of fused-ring (bicyclic) bond motifs is 1. The van der Waals surface area contributed by atoms with E-state index in [4.69, 9.17) is 19.6 Å². The van der Waals surface area contributed by atoms with Gasteiger partial charge < -0.3 is 9.47 Å². The number of halogens is 3. The Morgan fingerprint density at radius 2 is 1.81 bits per heavy atom. The Hall–Kier alpha value is -1.71. The Morgan fingerprint density at radius 1 is 1.08 bits per heavy atom. The Balaban J connectivity index is 1.81. The molecule has 3 aromatic rings. The molecule has 0 spiro atoms. The Labute approximate surface area is 243 Å². The molecular formula is C28H32Br3N3O3. The third-order valence-electron chi connectivity index (χ3n) is 6.22. The van der Waals surface area contributed by atoms with Crippen LogP contribution in [0.2, 0.25) is 0 Å². The van der Waals surface area contributed by atoms with Crippen molar-refractivity contribution in [2.45, 2.75) is 65.7 Å². The van der Waals surface area contributed by atoms with E-state index in [1.165, 1.54) is 11.1 Å². The van der Waals surface area contributed by atoms with Gasteiger partial charge in [0.25, 0.3) is 5.56 Å². The lowest BCUT2D eigenvalue weighted by molar-refractivity contribution is 0.187. The molecule has 0 bridgehead atoms. The van der Waals surface area contributed by atoms with Gasteiger partial charge >= 0.3 is 0 Å². The maximum absolute atomic E-state index is 13.6. The van der Waals surface area contributed by atoms with Crippen molar-refractivity contribution in [3.05, 3.63) is 59.4 Å². The standard InChI is InChI=1S/C28H32Br3N3O3/c1-5-36-22-13-18(23(30)24(31)25(22)37-16-28(2,3)4)15-32-34-26(17-9-7-6-8-10-17)33-21-12-11-19(29)14-20(21)27(34)35/h11-15,17H,5-10,16H2,1-4H3. The minimum absolute atomic E-state index is 0.00963. The summed E-state index contributed by atoms with van der Waals surface area (Å²) in [6.45, 7) is 9.32. The minimum Gasteiger partial charge on any atom is -0.490 e. The van der Waals surface area contributed by atoms with Crippen LogP contribution in [0.4, 0.5) is 0 Å². The highest BCUT2D eigenvalue weighted by atomic mass is 79.9. The zero-order chi connectivity index (χ0) is 26.7. The van der Waals surface area contributed by atoms with E-state index in [9.17, 15) is 4.79 Å². The van der Waals surface area contributed by atoms with Gasteiger partial charge in [0, 0.05) is 20.4 Å². The van der Waals surface area contributed by atoms with Crippen LogP contribution in [0.1, 0.15) is 77.1 Å². The summed E-state index contributed by atoms with van der Waals surface area (Å²) < 4.78 is 15.9. The molecule has 37 heavy (non-hydrogen) atoms. The lowest BCUT2D eigenvalue weighted by atomic mass is 9.88. The molecule has 2 aromatic carbocycles. The highest BCUT2D eigenvalue weighted by Crippen LogP contribution is 2.43. The number of hydrogen-bond donors (Lipinski definition) is 0. The van der Waals surface area contributed by atoms with Crippen molar-refractivity contribution in [2.75, 3.05) is 13.2 Å². The van der Waals surface area contributed by atoms with Gasteiger partial charge in [0.2, 0.25) is 0 Å². The molecule has 198 valence electrons. The number of rotatable bonds is 7. The van der Waals surface area contributed by atoms with Crippen molar-refractivity contribution in [3.63, 3.8) is 0 Å². The van der Waals surface area contributed by atoms with Crippen LogP contribution in [-0.2, 0) is 0 Å². The monoisotopic (exact) mass is 695 g/mol. The predicted octanol–water partition coefficient (Wildman–Crippen LogP) is 8.44. The maximum atomic E-state index is 13.6. The first-order valence-corrected chi connectivity index (χ1v) is 15.0. The second kappa shape index (κ2) is 12.0. The SMILES string of the molecule is CCOc1cc(C=Nn2c(C3CCCCC3)nc3ccc(Br)cc3c2=O)c(Br)c(Br)c1OCC(C)(C)C. The van der Waals surface area contributed by atoms with Gasteiger partial charge in [0.15, 0.2) is 11.5 Å². The number of benzene rings is 2. The van der Waals surface area contributed by atoms with E-state index in [0.717, 1.165) is 50.5 Å². The van der Waals surface area contributed by atoms with Gasteiger partial charge in [-0.2, -0.15) is 9.78 Å². The lowest BCUT2D eigenvalue weighted by Crippen LogP contribution is -2.25. The normalized spacial score (nSPS) is 15.0. The fourth-order valence-corrected chi connectivity index (χ4v) is 5.70. The summed E-state index contributed by atoms with van der Waals surface area (Å²) in [4.78, 5) is 18.6. The fourth-order valence-electron chi connectivity index (χ4n) is 4.41. The molecule has 6 nitrogen and oxygen atoms in total. The highest BCUT2D eigenvalue weighted by Gasteiger charge is 2.23. The van der Waals surface area contributed by atoms with Gasteiger partial charge in [-0.1, -0.05) is 56.0 Å². The quantitative estimate of drug-likeness (QED) is 0.233. The third-order valence-corrected chi connectivity index (χ3v) is 8.86. The minimum atomic E-state index is -0.173. The first-order valence-electron chi connectivity index (χ1n) is 12.6. The van der Waals surface area contributed by atoms with Crippen LogP contribution >= 0.6 is 47.8 Å². The van der Waals surface area contributed by atoms with Crippen LogP contribution in [0, 0.1) is 5.41 Å². The summed E-state index contributed by atoms with van der Waals surface area (Å²) in [5.41, 5.74) is 1.27. The van der Waals surface area contributed by atoms with Gasteiger partial charge in [-0.3, -0.25) is 4.79 Å². The van der Waals surface area contributed by atoms with E-state index < -0.39 is 0 Å². The molecule has 1 aromatic heterocycles. The van der Waals surface area contributed by atoms with Crippen molar-refractivity contribution in [1.29, 1.82) is 0 Å². The molecule has 0 N–H and O–H groups in total. The van der Waals surface area contributed by atoms with E-state index in [1.54, 1.807) is 6.21 Å². The molecule has 1 aliphatic carbocycles. The predicted molar refractivity (Wildman–Crippen MR) is 160 cm³/mol. The molecule has 1 fully saturated rings. The summed E-state index contributed by atoms with van der Waals surface area (Å²) in [6, 6.07) is 7.50. The molecule has 0 radical (unpaired) electrons. The largest absolute Gasteiger partial charge is 0.490 e. The summed E-state index contributed by atoms with van der Waals surface area (Å²) in [5, 5.41) is 5.24. The molecule has 1 aliphatic rings. The summed E-state index contributed by atoms with van der Waals surface area (Å²) >= 11 is 10.9. The van der Waals surface area contributed by atoms with E-state index in [0.29, 0.717) is 35.6 Å². The molecule has 4 rings (SSSR count). The summed E-state index contributed by atoms with van der Waals surface area (Å²) in [6.07, 6.45) is 7.18. The van der Waals surface area contributed by atoms with Crippen molar-refractivity contribution in [3.8, 4) is 11.5 Å². The fraction of sp³-hybridized carbons (Fsp3) is 0.464. The molecule has 1 heterocycles. The maximum Gasteiger partial charge on any atom is 0.282 e. The van der Waals surface area contributed by atoms with Crippen LogP contribution < -0.4 is 15.0 Å². The first kappa shape index (κ1) is 28.3. The zero-order valence-electron chi connectivity index (χ0n) is 21.6. The second-order valence-electron chi connectivity index (χ2n) is 10.5. The molecular weight excluding hydrogens is 666 g/mol. The molecule has 9 heteroatoms. The second-order valence-corrected chi connectivity index (χ2v) is 13.0. The van der Waals surface area contributed by atoms with Gasteiger partial charge in [0.05, 0.1) is 34.8 Å². The van der Waals surface area contributed by atoms with Crippen molar-refractivity contribution < 1.29 is 9.47 Å². The molecule has 0 saturated heterocycles. The van der Waals surface area contributed by atoms with Crippen LogP contribution in [0.15, 0.2) is 47.6 Å². The van der Waals surface area contributed by atoms with Crippen molar-refractivity contribution in [1.82, 2.24) is 9.66 Å². The van der Waals surface area contributed by atoms with E-state index in [-0.39, 0.29) is 16.9 Å². The van der Waals surface area contributed by atoms with Gasteiger partial charge in [-0.05, 0) is 81.3 Å². The van der Waals surface area contributed by atoms with Gasteiger partial charge in [-0.15, -0.1) is 0 Å². The van der Waals surface area contributed by atoms with Crippen LogP contribution in [-0.4, -0.2) is 29.1 Å². The Morgan fingerprint density at radius 3 is 2.49 bits per heavy atom. The van der Waals surface area contributed by atoms with Crippen molar-refractivity contribution >= 4 is 64.9 Å². The number of nitrogens with zero attached hydrogens (tertiary/aromatic N) is 3. The van der Waals surface area contributed by atoms with Crippen LogP contribution in [0.5, 0.6) is 11.5 Å². The van der Waals surface area contributed by atoms with Crippen molar-refractivity contribution in [2.24, 2.45) is 10.5 Å². The zero-order valence-corrected chi connectivity index (χ0v) is 26.4. The first-order chi connectivity index (χ1) is 17.6. The molecule has 0 aliphatic heterocycles. The van der Waals surface area contributed by atoms with E-state index in [2.05, 4.69) is 68.6 Å². The summed E-state index contributed by atoms with van der Waals surface area (Å²) in [5.74, 6) is 2.18. The number of hydrogen-bond acceptors (Lipinski definition) is 5. The van der Waals surface area contributed by atoms with Crippen LogP contribution in [0.3, 0.4) is 0 Å². The lowest BCUT2D eigenvalue weighted by Gasteiger charge is -2.23. The molecule has 0 amide bonds. The van der Waals surface area contributed by atoms with Gasteiger partial charge in [-0.25, -0.2) is 4.98 Å². The molecule has 0 unspecified atom stereocenters. The third kappa shape index (κ3) is 6.66. The topological polar surface area (TPSA) is 65.7 Å². The van der Waals surface area contributed by atoms with Crippen LogP contribution in [0.25, 0.3) is 10.9 Å². The Kier molecular flexibility index (Phi) is 9.17. The van der Waals surface area contributed by atoms with Gasteiger partial charge in [0.1, 0.15) is 5.82 Å². The van der Waals surface area contributed by atoms with E-state index in [1.807, 2.05) is 31.2 Å². The Bertz CT molecular complexity index is 1370. The molecule has 1 saturated carbocycles. The average molecular weight is 698 g/mol. The summed E-state index contributed by atoms with van der Waals surface area (Å²) in [7, 11) is 0.